The van der Waals surface area contributed by atoms with Crippen molar-refractivity contribution in [2.45, 2.75) is 46.3 Å². The Balaban J connectivity index is 1.99. The molecule has 0 saturated heterocycles. The third-order valence-electron chi connectivity index (χ3n) is 4.96. The fraction of sp³-hybridized carbons (Fsp3) is 0.292. The van der Waals surface area contributed by atoms with Crippen molar-refractivity contribution in [3.05, 3.63) is 70.1 Å². The molecule has 1 atom stereocenters. The van der Waals surface area contributed by atoms with Gasteiger partial charge in [0.05, 0.1) is 23.1 Å². The Morgan fingerprint density at radius 2 is 1.90 bits per heavy atom. The van der Waals surface area contributed by atoms with Crippen molar-refractivity contribution in [1.29, 1.82) is 0 Å². The molecule has 4 rings (SSSR count). The maximum absolute atomic E-state index is 12.0. The Bertz CT molecular complexity index is 1130. The molecule has 0 spiro atoms. The standard InChI is InChI=1S/C24H23ClN2O3/c1-13(2)29-18-9-10-19-20(12-18)23(16-5-7-17(25)8-6-16)26-21(11-14(3)28)24-22(19)15(4)27-30-24/h5-10,12-13,21H,11H2,1-4H3/t21-/m0/s1. The zero-order valence-corrected chi connectivity index (χ0v) is 18.2. The average molecular weight is 423 g/mol. The number of hydrogen-bond donors (Lipinski definition) is 0. The number of aliphatic imine (C=N–C) groups is 1. The van der Waals surface area contributed by atoms with Crippen LogP contribution in [-0.4, -0.2) is 22.8 Å². The van der Waals surface area contributed by atoms with Gasteiger partial charge in [-0.05, 0) is 63.6 Å². The maximum atomic E-state index is 12.0. The van der Waals surface area contributed by atoms with Crippen molar-refractivity contribution in [2.75, 3.05) is 0 Å². The van der Waals surface area contributed by atoms with Crippen LogP contribution in [0.3, 0.4) is 0 Å². The molecule has 0 unspecified atom stereocenters. The minimum atomic E-state index is -0.453. The molecule has 0 radical (unpaired) electrons. The Labute approximate surface area is 180 Å². The maximum Gasteiger partial charge on any atom is 0.169 e. The molecule has 3 aromatic rings. The van der Waals surface area contributed by atoms with Crippen molar-refractivity contribution >= 4 is 23.1 Å². The molecular weight excluding hydrogens is 400 g/mol. The van der Waals surface area contributed by atoms with Crippen LogP contribution in [0.1, 0.15) is 55.8 Å². The minimum absolute atomic E-state index is 0.0361. The highest BCUT2D eigenvalue weighted by molar-refractivity contribution is 6.30. The van der Waals surface area contributed by atoms with Crippen molar-refractivity contribution in [3.63, 3.8) is 0 Å². The first-order valence-corrected chi connectivity index (χ1v) is 10.3. The lowest BCUT2D eigenvalue weighted by Gasteiger charge is -2.15. The summed E-state index contributed by atoms with van der Waals surface area (Å²) < 4.78 is 11.6. The van der Waals surface area contributed by atoms with Gasteiger partial charge >= 0.3 is 0 Å². The van der Waals surface area contributed by atoms with Crippen LogP contribution in [-0.2, 0) is 4.79 Å². The summed E-state index contributed by atoms with van der Waals surface area (Å²) >= 11 is 6.11. The highest BCUT2D eigenvalue weighted by Crippen LogP contribution is 2.42. The number of nitrogens with zero attached hydrogens (tertiary/aromatic N) is 2. The molecule has 6 heteroatoms. The summed E-state index contributed by atoms with van der Waals surface area (Å²) in [6, 6.07) is 13.0. The lowest BCUT2D eigenvalue weighted by Crippen LogP contribution is -2.09. The third-order valence-corrected chi connectivity index (χ3v) is 5.21. The van der Waals surface area contributed by atoms with Crippen molar-refractivity contribution in [2.24, 2.45) is 4.99 Å². The Morgan fingerprint density at radius 3 is 2.57 bits per heavy atom. The number of hydrogen-bond acceptors (Lipinski definition) is 5. The molecule has 0 saturated carbocycles. The minimum Gasteiger partial charge on any atom is -0.491 e. The van der Waals surface area contributed by atoms with Crippen molar-refractivity contribution < 1.29 is 14.1 Å². The SMILES string of the molecule is CC(=O)C[C@@H]1N=C(c2ccc(Cl)cc2)c2cc(OC(C)C)ccc2-c2c(C)noc21. The normalized spacial score (nSPS) is 15.3. The summed E-state index contributed by atoms with van der Waals surface area (Å²) in [5.74, 6) is 1.41. The van der Waals surface area contributed by atoms with E-state index in [9.17, 15) is 4.79 Å². The second-order valence-corrected chi connectivity index (χ2v) is 8.22. The first-order chi connectivity index (χ1) is 14.3. The molecule has 2 heterocycles. The molecule has 30 heavy (non-hydrogen) atoms. The van der Waals surface area contributed by atoms with Gasteiger partial charge in [0.15, 0.2) is 5.76 Å². The predicted molar refractivity (Wildman–Crippen MR) is 118 cm³/mol. The van der Waals surface area contributed by atoms with Gasteiger partial charge in [-0.15, -0.1) is 0 Å². The number of halogens is 1. The predicted octanol–water partition coefficient (Wildman–Crippen LogP) is 5.96. The van der Waals surface area contributed by atoms with Crippen LogP contribution in [0, 0.1) is 6.92 Å². The number of fused-ring (bicyclic) bond motifs is 3. The van der Waals surface area contributed by atoms with Gasteiger partial charge in [0.1, 0.15) is 17.6 Å². The van der Waals surface area contributed by atoms with Gasteiger partial charge in [-0.2, -0.15) is 0 Å². The zero-order chi connectivity index (χ0) is 21.4. The van der Waals surface area contributed by atoms with Gasteiger partial charge in [0.2, 0.25) is 0 Å². The molecule has 0 N–H and O–H groups in total. The number of Topliss-reactive ketones (excluding diaryl/α,β-unsaturated/α-hetero) is 1. The molecule has 0 amide bonds. The van der Waals surface area contributed by atoms with Gasteiger partial charge in [-0.3, -0.25) is 9.79 Å². The van der Waals surface area contributed by atoms with E-state index in [4.69, 9.17) is 25.9 Å². The third kappa shape index (κ3) is 3.90. The Morgan fingerprint density at radius 1 is 1.17 bits per heavy atom. The first kappa shape index (κ1) is 20.4. The van der Waals surface area contributed by atoms with E-state index in [0.717, 1.165) is 39.4 Å². The Hall–Kier alpha value is -2.92. The van der Waals surface area contributed by atoms with Crippen molar-refractivity contribution in [3.8, 4) is 16.9 Å². The van der Waals surface area contributed by atoms with E-state index in [2.05, 4.69) is 5.16 Å². The second kappa shape index (κ2) is 8.07. The number of benzene rings is 2. The zero-order valence-electron chi connectivity index (χ0n) is 17.4. The van der Waals surface area contributed by atoms with E-state index in [1.54, 1.807) is 6.92 Å². The molecule has 2 aromatic carbocycles. The molecule has 0 aliphatic carbocycles. The highest BCUT2D eigenvalue weighted by Gasteiger charge is 2.31. The van der Waals surface area contributed by atoms with Gasteiger partial charge in [-0.1, -0.05) is 28.9 Å². The van der Waals surface area contributed by atoms with Gasteiger partial charge < -0.3 is 9.26 Å². The molecule has 0 fully saturated rings. The summed E-state index contributed by atoms with van der Waals surface area (Å²) in [6.45, 7) is 7.45. The summed E-state index contributed by atoms with van der Waals surface area (Å²) in [7, 11) is 0. The van der Waals surface area contributed by atoms with Crippen LogP contribution in [0.15, 0.2) is 52.0 Å². The fourth-order valence-corrected chi connectivity index (χ4v) is 3.88. The number of carbonyl (C=O) groups is 1. The lowest BCUT2D eigenvalue weighted by atomic mass is 9.92. The van der Waals surface area contributed by atoms with Crippen LogP contribution in [0.4, 0.5) is 0 Å². The smallest absolute Gasteiger partial charge is 0.169 e. The largest absolute Gasteiger partial charge is 0.491 e. The quantitative estimate of drug-likeness (QED) is 0.508. The number of ether oxygens (including phenoxy) is 1. The number of ketones is 1. The first-order valence-electron chi connectivity index (χ1n) is 9.94. The fourth-order valence-electron chi connectivity index (χ4n) is 3.76. The summed E-state index contributed by atoms with van der Waals surface area (Å²) in [5, 5.41) is 4.82. The van der Waals surface area contributed by atoms with Crippen LogP contribution in [0.25, 0.3) is 11.1 Å². The van der Waals surface area contributed by atoms with E-state index in [1.165, 1.54) is 0 Å². The molecule has 1 aromatic heterocycles. The van der Waals surface area contributed by atoms with Crippen LogP contribution >= 0.6 is 11.6 Å². The Kier molecular flexibility index (Phi) is 5.48. The number of rotatable bonds is 5. The second-order valence-electron chi connectivity index (χ2n) is 7.79. The molecule has 154 valence electrons. The van der Waals surface area contributed by atoms with Crippen molar-refractivity contribution in [1.82, 2.24) is 5.16 Å². The lowest BCUT2D eigenvalue weighted by molar-refractivity contribution is -0.117. The highest BCUT2D eigenvalue weighted by atomic mass is 35.5. The van der Waals surface area contributed by atoms with Crippen LogP contribution < -0.4 is 4.74 Å². The molecule has 0 bridgehead atoms. The monoisotopic (exact) mass is 422 g/mol. The summed E-state index contributed by atoms with van der Waals surface area (Å²) in [5.41, 5.74) is 5.21. The van der Waals surface area contributed by atoms with Gasteiger partial charge in [0, 0.05) is 22.6 Å². The van der Waals surface area contributed by atoms with E-state index < -0.39 is 6.04 Å². The van der Waals surface area contributed by atoms with E-state index >= 15 is 0 Å². The van der Waals surface area contributed by atoms with E-state index in [1.807, 2.05) is 63.2 Å². The average Bonchev–Trinajstić information content (AvgIpc) is 3.00. The number of aromatic nitrogens is 1. The molecule has 5 nitrogen and oxygen atoms in total. The summed E-state index contributed by atoms with van der Waals surface area (Å²) in [4.78, 5) is 17.0. The number of carbonyl (C=O) groups excluding carboxylic acids is 1. The molecule has 1 aliphatic heterocycles. The molecular formula is C24H23ClN2O3. The van der Waals surface area contributed by atoms with Crippen LogP contribution in [0.5, 0.6) is 5.75 Å². The van der Waals surface area contributed by atoms with Gasteiger partial charge in [0.25, 0.3) is 0 Å². The van der Waals surface area contributed by atoms with Gasteiger partial charge in [-0.25, -0.2) is 0 Å². The molecule has 1 aliphatic rings. The number of aryl methyl sites for hydroxylation is 1. The topological polar surface area (TPSA) is 64.7 Å². The van der Waals surface area contributed by atoms with Crippen LogP contribution in [0.2, 0.25) is 5.02 Å². The van der Waals surface area contributed by atoms with E-state index in [0.29, 0.717) is 10.8 Å². The van der Waals surface area contributed by atoms with E-state index in [-0.39, 0.29) is 18.3 Å². The summed E-state index contributed by atoms with van der Waals surface area (Å²) in [6.07, 6.45) is 0.283.